The molecule has 0 spiro atoms. The number of carbonyl (C=O) groups is 2. The Morgan fingerprint density at radius 1 is 0.421 bits per heavy atom. The van der Waals surface area contributed by atoms with E-state index in [4.69, 9.17) is 26.4 Å². The van der Waals surface area contributed by atoms with Crippen LogP contribution in [0.1, 0.15) is 253 Å². The van der Waals surface area contributed by atoms with E-state index in [-0.39, 0.29) is 17.9 Å². The van der Waals surface area contributed by atoms with E-state index in [2.05, 4.69) is 32.6 Å². The van der Waals surface area contributed by atoms with E-state index in [1.54, 1.807) is 0 Å². The van der Waals surface area contributed by atoms with Crippen LogP contribution in [0.4, 0.5) is 0 Å². The zero-order valence-electron chi connectivity index (χ0n) is 38.8. The van der Waals surface area contributed by atoms with Crippen LogP contribution >= 0.6 is 12.2 Å². The molecule has 0 aliphatic heterocycles. The van der Waals surface area contributed by atoms with Crippen molar-refractivity contribution in [3.05, 3.63) is 0 Å². The summed E-state index contributed by atoms with van der Waals surface area (Å²) in [5.74, 6) is 0.486. The summed E-state index contributed by atoms with van der Waals surface area (Å²) in [7, 11) is 0. The molecule has 2 unspecified atom stereocenters. The van der Waals surface area contributed by atoms with Crippen LogP contribution in [-0.4, -0.2) is 61.3 Å². The Labute approximate surface area is 360 Å². The fourth-order valence-electron chi connectivity index (χ4n) is 7.92. The molecule has 7 heteroatoms. The first kappa shape index (κ1) is 55.8. The number of carbonyl (C=O) groups excluding carboxylic acids is 2. The number of esters is 2. The fourth-order valence-corrected chi connectivity index (χ4v) is 8.24. The van der Waals surface area contributed by atoms with Crippen molar-refractivity contribution >= 4 is 29.2 Å². The molecule has 0 aromatic carbocycles. The molecule has 0 saturated heterocycles. The first-order valence-corrected chi connectivity index (χ1v) is 25.5. The smallest absolute Gasteiger partial charge is 0.308 e. The van der Waals surface area contributed by atoms with Crippen molar-refractivity contribution in [1.29, 1.82) is 0 Å². The first-order valence-electron chi connectivity index (χ1n) is 25.1. The van der Waals surface area contributed by atoms with Crippen LogP contribution in [0.25, 0.3) is 0 Å². The summed E-state index contributed by atoms with van der Waals surface area (Å²) in [5.41, 5.74) is 0. The van der Waals surface area contributed by atoms with Gasteiger partial charge in [0, 0.05) is 12.3 Å². The number of thiocarbonyl (C=S) groups is 1. The molecule has 2 atom stereocenters. The van der Waals surface area contributed by atoms with Crippen molar-refractivity contribution in [3.8, 4) is 0 Å². The lowest BCUT2D eigenvalue weighted by molar-refractivity contribution is -0.149. The molecule has 6 nitrogen and oxygen atoms in total. The summed E-state index contributed by atoms with van der Waals surface area (Å²) in [4.78, 5) is 27.6. The van der Waals surface area contributed by atoms with Gasteiger partial charge < -0.3 is 19.1 Å². The Kier molecular flexibility index (Phi) is 43.4. The van der Waals surface area contributed by atoms with Crippen LogP contribution in [0.2, 0.25) is 0 Å². The van der Waals surface area contributed by atoms with Gasteiger partial charge in [-0.3, -0.25) is 9.59 Å². The Morgan fingerprint density at radius 2 is 0.789 bits per heavy atom. The molecule has 0 heterocycles. The van der Waals surface area contributed by atoms with E-state index in [0.717, 1.165) is 108 Å². The second-order valence-corrected chi connectivity index (χ2v) is 17.5. The van der Waals surface area contributed by atoms with Gasteiger partial charge in [0.05, 0.1) is 25.7 Å². The summed E-state index contributed by atoms with van der Waals surface area (Å²) < 4.78 is 17.2. The zero-order chi connectivity index (χ0) is 41.9. The molecule has 0 N–H and O–H groups in total. The van der Waals surface area contributed by atoms with Crippen LogP contribution in [0.5, 0.6) is 0 Å². The number of hydrogen-bond acceptors (Lipinski definition) is 7. The molecule has 0 rings (SSSR count). The van der Waals surface area contributed by atoms with E-state index < -0.39 is 0 Å². The standard InChI is InChI=1S/C50H97NO5S/c1-6-11-15-19-21-29-37-46(36-27-17-13-8-3)49(53)55-44-33-25-23-31-41-51(43-35-40-48(52)54-10-5)42-32-24-26-34-45-56-50(57)47(38-28-18-14-9-4)39-30-22-20-16-12-7-2/h46-47H,6-45H2,1-5H3. The fraction of sp³-hybridized carbons (Fsp3) is 0.940. The number of rotatable bonds is 45. The summed E-state index contributed by atoms with van der Waals surface area (Å²) in [6.07, 6.45) is 40.1. The molecule has 0 bridgehead atoms. The lowest BCUT2D eigenvalue weighted by Gasteiger charge is -2.22. The predicted molar refractivity (Wildman–Crippen MR) is 249 cm³/mol. The van der Waals surface area contributed by atoms with Gasteiger partial charge in [-0.05, 0) is 96.6 Å². The van der Waals surface area contributed by atoms with Crippen LogP contribution in [-0.2, 0) is 23.8 Å². The molecule has 0 aliphatic carbocycles. The monoisotopic (exact) mass is 824 g/mol. The van der Waals surface area contributed by atoms with Gasteiger partial charge >= 0.3 is 11.9 Å². The maximum Gasteiger partial charge on any atom is 0.308 e. The second-order valence-electron chi connectivity index (χ2n) is 17.1. The van der Waals surface area contributed by atoms with Crippen molar-refractivity contribution in [2.24, 2.45) is 11.8 Å². The third-order valence-electron chi connectivity index (χ3n) is 11.7. The van der Waals surface area contributed by atoms with E-state index in [9.17, 15) is 9.59 Å². The number of nitrogens with zero attached hydrogens (tertiary/aromatic N) is 1. The third kappa shape index (κ3) is 37.5. The SMILES string of the molecule is CCCCCCCCC(CCCCCC)C(=O)OCCCCCCN(CCCCCCOC(=S)C(CCCCCC)CCCCCCCC)CCCC(=O)OCC. The molecule has 0 aromatic rings. The quantitative estimate of drug-likeness (QED) is 0.0344. The van der Waals surface area contributed by atoms with E-state index >= 15 is 0 Å². The van der Waals surface area contributed by atoms with Crippen LogP contribution in [0, 0.1) is 11.8 Å². The van der Waals surface area contributed by atoms with Gasteiger partial charge in [0.25, 0.3) is 0 Å². The number of ether oxygens (including phenoxy) is 3. The van der Waals surface area contributed by atoms with Crippen LogP contribution in [0.3, 0.4) is 0 Å². The van der Waals surface area contributed by atoms with Gasteiger partial charge in [-0.1, -0.05) is 182 Å². The molecular formula is C50H97NO5S. The highest BCUT2D eigenvalue weighted by Crippen LogP contribution is 2.23. The topological polar surface area (TPSA) is 65.1 Å². The number of hydrogen-bond donors (Lipinski definition) is 0. The Hall–Kier alpha value is -1.21. The summed E-state index contributed by atoms with van der Waals surface area (Å²) in [6.45, 7) is 15.7. The molecule has 0 amide bonds. The van der Waals surface area contributed by atoms with Gasteiger partial charge in [0.2, 0.25) is 0 Å². The highest BCUT2D eigenvalue weighted by molar-refractivity contribution is 7.80. The normalized spacial score (nSPS) is 12.5. The van der Waals surface area contributed by atoms with E-state index in [1.807, 2.05) is 6.92 Å². The largest absolute Gasteiger partial charge is 0.487 e. The molecule has 0 aromatic heterocycles. The van der Waals surface area contributed by atoms with Crippen molar-refractivity contribution in [3.63, 3.8) is 0 Å². The molecule has 338 valence electrons. The molecule has 0 aliphatic rings. The Bertz CT molecular complexity index is 827. The zero-order valence-corrected chi connectivity index (χ0v) is 39.7. The highest BCUT2D eigenvalue weighted by Gasteiger charge is 2.19. The minimum atomic E-state index is -0.0877. The van der Waals surface area contributed by atoms with Crippen molar-refractivity contribution in [2.75, 3.05) is 39.5 Å². The summed E-state index contributed by atoms with van der Waals surface area (Å²) >= 11 is 5.84. The molecule has 0 fully saturated rings. The molecule has 0 saturated carbocycles. The summed E-state index contributed by atoms with van der Waals surface area (Å²) in [6, 6.07) is 0. The average molecular weight is 824 g/mol. The predicted octanol–water partition coefficient (Wildman–Crippen LogP) is 15.3. The highest BCUT2D eigenvalue weighted by atomic mass is 32.1. The van der Waals surface area contributed by atoms with Gasteiger partial charge in [-0.25, -0.2) is 0 Å². The van der Waals surface area contributed by atoms with Crippen molar-refractivity contribution in [2.45, 2.75) is 253 Å². The molecular weight excluding hydrogens is 727 g/mol. The minimum absolute atomic E-state index is 0.0487. The first-order chi connectivity index (χ1) is 27.9. The van der Waals surface area contributed by atoms with Crippen molar-refractivity contribution in [1.82, 2.24) is 4.90 Å². The lowest BCUT2D eigenvalue weighted by atomic mass is 9.94. The summed E-state index contributed by atoms with van der Waals surface area (Å²) in [5, 5.41) is 0.872. The molecule has 57 heavy (non-hydrogen) atoms. The van der Waals surface area contributed by atoms with Crippen molar-refractivity contribution < 1.29 is 23.8 Å². The van der Waals surface area contributed by atoms with E-state index in [1.165, 1.54) is 135 Å². The van der Waals surface area contributed by atoms with Crippen LogP contribution < -0.4 is 0 Å². The number of unbranched alkanes of at least 4 members (excludes halogenated alkanes) is 22. The molecule has 0 radical (unpaired) electrons. The van der Waals surface area contributed by atoms with E-state index in [0.29, 0.717) is 25.6 Å². The van der Waals surface area contributed by atoms with Gasteiger partial charge in [0.15, 0.2) is 5.05 Å². The second kappa shape index (κ2) is 44.3. The van der Waals surface area contributed by atoms with Crippen LogP contribution in [0.15, 0.2) is 0 Å². The third-order valence-corrected chi connectivity index (χ3v) is 12.1. The van der Waals surface area contributed by atoms with Gasteiger partial charge in [-0.15, -0.1) is 0 Å². The Morgan fingerprint density at radius 3 is 1.26 bits per heavy atom. The average Bonchev–Trinajstić information content (AvgIpc) is 3.20. The van der Waals surface area contributed by atoms with Gasteiger partial charge in [-0.2, -0.15) is 0 Å². The maximum atomic E-state index is 13.0. The Balaban J connectivity index is 4.57. The van der Waals surface area contributed by atoms with Gasteiger partial charge in [0.1, 0.15) is 0 Å². The lowest BCUT2D eigenvalue weighted by Crippen LogP contribution is -2.28. The minimum Gasteiger partial charge on any atom is -0.487 e. The maximum absolute atomic E-state index is 13.0.